The second kappa shape index (κ2) is 7.69. The summed E-state index contributed by atoms with van der Waals surface area (Å²) >= 11 is 0. The Bertz CT molecular complexity index is 418. The molecule has 0 bridgehead atoms. The minimum atomic E-state index is 0.661. The number of nitrogens with one attached hydrogen (secondary N) is 1. The van der Waals surface area contributed by atoms with Gasteiger partial charge in [-0.05, 0) is 62.4 Å². The van der Waals surface area contributed by atoms with Gasteiger partial charge in [-0.25, -0.2) is 0 Å². The Hall–Kier alpha value is -1.22. The summed E-state index contributed by atoms with van der Waals surface area (Å²) in [5.41, 5.74) is 1.27. The number of anilines is 1. The Balaban J connectivity index is 1.99. The van der Waals surface area contributed by atoms with E-state index in [1.54, 1.807) is 7.11 Å². The summed E-state index contributed by atoms with van der Waals surface area (Å²) in [6.07, 6.45) is 5.36. The van der Waals surface area contributed by atoms with E-state index in [4.69, 9.17) is 4.74 Å². The van der Waals surface area contributed by atoms with E-state index in [1.165, 1.54) is 31.4 Å². The lowest BCUT2D eigenvalue weighted by atomic mass is 9.76. The molecule has 0 aliphatic heterocycles. The van der Waals surface area contributed by atoms with Crippen molar-refractivity contribution >= 4 is 5.69 Å². The number of benzene rings is 1. The van der Waals surface area contributed by atoms with Crippen LogP contribution in [0.15, 0.2) is 24.3 Å². The third kappa shape index (κ3) is 4.13. The highest BCUT2D eigenvalue weighted by molar-refractivity contribution is 5.48. The number of nitrogens with zero attached hydrogens (tertiary/aromatic N) is 1. The first-order valence-electron chi connectivity index (χ1n) is 8.20. The van der Waals surface area contributed by atoms with Crippen molar-refractivity contribution in [1.82, 2.24) is 5.32 Å². The normalized spacial score (nSPS) is 25.6. The topological polar surface area (TPSA) is 24.5 Å². The van der Waals surface area contributed by atoms with Gasteiger partial charge in [-0.15, -0.1) is 0 Å². The highest BCUT2D eigenvalue weighted by Gasteiger charge is 2.29. The van der Waals surface area contributed by atoms with Gasteiger partial charge in [-0.3, -0.25) is 0 Å². The zero-order valence-corrected chi connectivity index (χ0v) is 13.9. The molecule has 0 heterocycles. The van der Waals surface area contributed by atoms with Gasteiger partial charge in [0.2, 0.25) is 0 Å². The molecule has 3 atom stereocenters. The minimum absolute atomic E-state index is 0.661. The minimum Gasteiger partial charge on any atom is -0.497 e. The van der Waals surface area contributed by atoms with Crippen LogP contribution in [0.4, 0.5) is 5.69 Å². The average molecular weight is 290 g/mol. The van der Waals surface area contributed by atoms with Gasteiger partial charge in [0.25, 0.3) is 0 Å². The first-order chi connectivity index (χ1) is 10.2. The lowest BCUT2D eigenvalue weighted by Gasteiger charge is -2.38. The second-order valence-corrected chi connectivity index (χ2v) is 6.32. The Morgan fingerprint density at radius 1 is 1.24 bits per heavy atom. The van der Waals surface area contributed by atoms with Crippen molar-refractivity contribution in [2.75, 3.05) is 32.6 Å². The highest BCUT2D eigenvalue weighted by Crippen LogP contribution is 2.32. The first kappa shape index (κ1) is 16.2. The molecule has 1 aromatic rings. The Kier molecular flexibility index (Phi) is 5.92. The molecule has 1 saturated carbocycles. The van der Waals surface area contributed by atoms with Crippen LogP contribution in [-0.4, -0.2) is 33.8 Å². The molecular weight excluding hydrogens is 260 g/mol. The van der Waals surface area contributed by atoms with E-state index < -0.39 is 0 Å². The second-order valence-electron chi connectivity index (χ2n) is 6.32. The summed E-state index contributed by atoms with van der Waals surface area (Å²) in [4.78, 5) is 2.38. The third-order valence-corrected chi connectivity index (χ3v) is 5.06. The van der Waals surface area contributed by atoms with Crippen LogP contribution < -0.4 is 15.0 Å². The van der Waals surface area contributed by atoms with Crippen molar-refractivity contribution in [2.24, 2.45) is 11.8 Å². The monoisotopic (exact) mass is 290 g/mol. The predicted molar refractivity (Wildman–Crippen MR) is 90.2 cm³/mol. The van der Waals surface area contributed by atoms with Gasteiger partial charge >= 0.3 is 0 Å². The summed E-state index contributed by atoms with van der Waals surface area (Å²) in [6.45, 7) is 3.45. The van der Waals surface area contributed by atoms with Crippen molar-refractivity contribution in [2.45, 2.75) is 38.6 Å². The molecule has 118 valence electrons. The molecule has 0 aromatic heterocycles. The molecule has 3 heteroatoms. The number of methoxy groups -OCH3 is 1. The molecule has 1 N–H and O–H groups in total. The molecule has 0 saturated heterocycles. The van der Waals surface area contributed by atoms with E-state index in [0.717, 1.165) is 24.1 Å². The van der Waals surface area contributed by atoms with E-state index in [-0.39, 0.29) is 0 Å². The summed E-state index contributed by atoms with van der Waals surface area (Å²) < 4.78 is 5.23. The fraction of sp³-hybridized carbons (Fsp3) is 0.667. The number of hydrogen-bond donors (Lipinski definition) is 1. The van der Waals surface area contributed by atoms with Crippen LogP contribution >= 0.6 is 0 Å². The quantitative estimate of drug-likeness (QED) is 0.867. The maximum atomic E-state index is 5.23. The van der Waals surface area contributed by atoms with E-state index in [9.17, 15) is 0 Å². The average Bonchev–Trinajstić information content (AvgIpc) is 2.54. The summed E-state index contributed by atoms with van der Waals surface area (Å²) in [5, 5.41) is 3.53. The third-order valence-electron chi connectivity index (χ3n) is 5.06. The first-order valence-corrected chi connectivity index (χ1v) is 8.20. The summed E-state index contributed by atoms with van der Waals surface area (Å²) in [5.74, 6) is 2.56. The Labute approximate surface area is 129 Å². The molecule has 21 heavy (non-hydrogen) atoms. The zero-order valence-electron chi connectivity index (χ0n) is 13.9. The molecule has 0 radical (unpaired) electrons. The molecule has 1 aliphatic rings. The van der Waals surface area contributed by atoms with Gasteiger partial charge in [0, 0.05) is 25.3 Å². The van der Waals surface area contributed by atoms with Gasteiger partial charge in [-0.1, -0.05) is 13.3 Å². The molecule has 1 fully saturated rings. The van der Waals surface area contributed by atoms with Crippen LogP contribution in [0.25, 0.3) is 0 Å². The van der Waals surface area contributed by atoms with Crippen molar-refractivity contribution in [3.63, 3.8) is 0 Å². The SMILES string of the molecule is CCC1CCC(NC)C(CN(C)c2ccc(OC)cc2)C1. The lowest BCUT2D eigenvalue weighted by Crippen LogP contribution is -2.43. The van der Waals surface area contributed by atoms with Crippen LogP contribution in [0.5, 0.6) is 5.75 Å². The smallest absolute Gasteiger partial charge is 0.119 e. The maximum Gasteiger partial charge on any atom is 0.119 e. The van der Waals surface area contributed by atoms with Crippen LogP contribution in [0.1, 0.15) is 32.6 Å². The molecule has 1 aliphatic carbocycles. The fourth-order valence-corrected chi connectivity index (χ4v) is 3.61. The summed E-state index contributed by atoms with van der Waals surface area (Å²) in [6, 6.07) is 9.03. The number of hydrogen-bond acceptors (Lipinski definition) is 3. The Morgan fingerprint density at radius 2 is 1.95 bits per heavy atom. The largest absolute Gasteiger partial charge is 0.497 e. The van der Waals surface area contributed by atoms with Crippen molar-refractivity contribution in [3.05, 3.63) is 24.3 Å². The van der Waals surface area contributed by atoms with Gasteiger partial charge < -0.3 is 15.0 Å². The van der Waals surface area contributed by atoms with Gasteiger partial charge in [0.15, 0.2) is 0 Å². The molecule has 3 nitrogen and oxygen atoms in total. The highest BCUT2D eigenvalue weighted by atomic mass is 16.5. The van der Waals surface area contributed by atoms with Crippen LogP contribution in [0.2, 0.25) is 0 Å². The van der Waals surface area contributed by atoms with E-state index >= 15 is 0 Å². The van der Waals surface area contributed by atoms with E-state index in [2.05, 4.69) is 43.4 Å². The van der Waals surface area contributed by atoms with E-state index in [0.29, 0.717) is 6.04 Å². The molecule has 2 rings (SSSR count). The fourth-order valence-electron chi connectivity index (χ4n) is 3.61. The lowest BCUT2D eigenvalue weighted by molar-refractivity contribution is 0.210. The summed E-state index contributed by atoms with van der Waals surface area (Å²) in [7, 11) is 6.02. The van der Waals surface area contributed by atoms with Gasteiger partial charge in [-0.2, -0.15) is 0 Å². The van der Waals surface area contributed by atoms with Gasteiger partial charge in [0.05, 0.1) is 7.11 Å². The predicted octanol–water partition coefficient (Wildman–Crippen LogP) is 3.55. The van der Waals surface area contributed by atoms with Crippen molar-refractivity contribution in [1.29, 1.82) is 0 Å². The zero-order chi connectivity index (χ0) is 15.2. The number of rotatable bonds is 6. The molecule has 0 spiro atoms. The van der Waals surface area contributed by atoms with Crippen LogP contribution in [0, 0.1) is 11.8 Å². The standard InChI is InChI=1S/C18H30N2O/c1-5-14-6-11-18(19-2)15(12-14)13-20(3)16-7-9-17(21-4)10-8-16/h7-10,14-15,18-19H,5-6,11-13H2,1-4H3. The van der Waals surface area contributed by atoms with Crippen molar-refractivity contribution < 1.29 is 4.74 Å². The Morgan fingerprint density at radius 3 is 2.52 bits per heavy atom. The van der Waals surface area contributed by atoms with Gasteiger partial charge in [0.1, 0.15) is 5.75 Å². The van der Waals surface area contributed by atoms with Crippen LogP contribution in [-0.2, 0) is 0 Å². The van der Waals surface area contributed by atoms with Crippen LogP contribution in [0.3, 0.4) is 0 Å². The maximum absolute atomic E-state index is 5.23. The molecular formula is C18H30N2O. The molecule has 3 unspecified atom stereocenters. The van der Waals surface area contributed by atoms with E-state index in [1.807, 2.05) is 12.1 Å². The molecule has 0 amide bonds. The molecule has 1 aromatic carbocycles. The number of ether oxygens (including phenoxy) is 1. The van der Waals surface area contributed by atoms with Crippen molar-refractivity contribution in [3.8, 4) is 5.75 Å².